The fourth-order valence-electron chi connectivity index (χ4n) is 3.75. The van der Waals surface area contributed by atoms with Crippen molar-refractivity contribution < 1.29 is 9.53 Å². The Labute approximate surface area is 153 Å². The molecule has 0 unspecified atom stereocenters. The Kier molecular flexibility index (Phi) is 4.21. The van der Waals surface area contributed by atoms with E-state index in [9.17, 15) is 4.79 Å². The van der Waals surface area contributed by atoms with Crippen molar-refractivity contribution >= 4 is 5.91 Å². The minimum atomic E-state index is -0.0722. The lowest BCUT2D eigenvalue weighted by molar-refractivity contribution is 0.0676. The predicted molar refractivity (Wildman–Crippen MR) is 102 cm³/mol. The molecule has 1 aliphatic heterocycles. The minimum absolute atomic E-state index is 0.0500. The van der Waals surface area contributed by atoms with Crippen LogP contribution in [0.25, 0.3) is 0 Å². The average molecular weight is 343 g/mol. The first-order valence-corrected chi connectivity index (χ1v) is 8.81. The molecule has 3 aromatic rings. The molecule has 0 N–H and O–H groups in total. The molecular formula is C23H21NO2. The summed E-state index contributed by atoms with van der Waals surface area (Å²) >= 11 is 0. The summed E-state index contributed by atoms with van der Waals surface area (Å²) in [6.07, 6.45) is 0. The molecule has 0 saturated heterocycles. The van der Waals surface area contributed by atoms with Crippen LogP contribution in [-0.2, 0) is 0 Å². The molecule has 26 heavy (non-hydrogen) atoms. The van der Waals surface area contributed by atoms with Gasteiger partial charge in [-0.15, -0.1) is 0 Å². The Morgan fingerprint density at radius 2 is 1.54 bits per heavy atom. The van der Waals surface area contributed by atoms with E-state index in [1.165, 1.54) is 0 Å². The van der Waals surface area contributed by atoms with Gasteiger partial charge in [-0.25, -0.2) is 0 Å². The summed E-state index contributed by atoms with van der Waals surface area (Å²) in [5.41, 5.74) is 4.09. The topological polar surface area (TPSA) is 29.5 Å². The van der Waals surface area contributed by atoms with Gasteiger partial charge in [-0.2, -0.15) is 0 Å². The lowest BCUT2D eigenvalue weighted by Gasteiger charge is -2.32. The highest BCUT2D eigenvalue weighted by molar-refractivity contribution is 6.00. The molecule has 0 bridgehead atoms. The van der Waals surface area contributed by atoms with E-state index in [1.54, 1.807) is 7.11 Å². The van der Waals surface area contributed by atoms with Gasteiger partial charge in [0.1, 0.15) is 5.75 Å². The molecule has 3 aromatic carbocycles. The quantitative estimate of drug-likeness (QED) is 0.667. The van der Waals surface area contributed by atoms with Crippen molar-refractivity contribution in [1.29, 1.82) is 0 Å². The number of rotatable bonds is 4. The van der Waals surface area contributed by atoms with E-state index in [2.05, 4.69) is 25.1 Å². The highest BCUT2D eigenvalue weighted by atomic mass is 16.5. The number of fused-ring (bicyclic) bond motifs is 1. The third kappa shape index (κ3) is 2.66. The third-order valence-electron chi connectivity index (χ3n) is 5.13. The van der Waals surface area contributed by atoms with Crippen molar-refractivity contribution in [3.8, 4) is 5.75 Å². The molecule has 1 aliphatic rings. The monoisotopic (exact) mass is 343 g/mol. The van der Waals surface area contributed by atoms with Crippen LogP contribution in [0.15, 0.2) is 78.9 Å². The summed E-state index contributed by atoms with van der Waals surface area (Å²) in [6, 6.07) is 26.0. The van der Waals surface area contributed by atoms with Crippen LogP contribution >= 0.6 is 0 Å². The van der Waals surface area contributed by atoms with Crippen molar-refractivity contribution in [2.75, 3.05) is 7.11 Å². The normalized spacial score (nSPS) is 17.1. The molecular weight excluding hydrogens is 322 g/mol. The number of carbonyl (C=O) groups excluding carboxylic acids is 1. The Balaban J connectivity index is 1.79. The zero-order valence-electron chi connectivity index (χ0n) is 14.9. The number of carbonyl (C=O) groups is 1. The standard InChI is InChI=1S/C23H21NO2/c1-16(17-12-14-19(26-2)15-13-17)24-22(18-8-4-3-5-9-18)20-10-6-7-11-21(20)23(24)25/h3-16,22H,1-2H3/t16-,22-/m0/s1. The van der Waals surface area contributed by atoms with Crippen molar-refractivity contribution in [2.24, 2.45) is 0 Å². The number of hydrogen-bond acceptors (Lipinski definition) is 2. The van der Waals surface area contributed by atoms with Crippen LogP contribution in [0.4, 0.5) is 0 Å². The molecule has 0 aromatic heterocycles. The molecule has 4 rings (SSSR count). The van der Waals surface area contributed by atoms with Crippen LogP contribution in [0.2, 0.25) is 0 Å². The molecule has 0 saturated carbocycles. The molecule has 1 amide bonds. The maximum absolute atomic E-state index is 13.2. The van der Waals surface area contributed by atoms with Gasteiger partial charge in [0.25, 0.3) is 5.91 Å². The molecule has 130 valence electrons. The second-order valence-corrected chi connectivity index (χ2v) is 6.56. The van der Waals surface area contributed by atoms with Crippen molar-refractivity contribution in [2.45, 2.75) is 19.0 Å². The van der Waals surface area contributed by atoms with Crippen LogP contribution in [0, 0.1) is 0 Å². The van der Waals surface area contributed by atoms with E-state index in [-0.39, 0.29) is 18.0 Å². The summed E-state index contributed by atoms with van der Waals surface area (Å²) < 4.78 is 5.26. The predicted octanol–water partition coefficient (Wildman–Crippen LogP) is 5.00. The molecule has 1 heterocycles. The summed E-state index contributed by atoms with van der Waals surface area (Å²) in [5, 5.41) is 0. The average Bonchev–Trinajstić information content (AvgIpc) is 3.01. The Hall–Kier alpha value is -3.07. The number of methoxy groups -OCH3 is 1. The smallest absolute Gasteiger partial charge is 0.255 e. The van der Waals surface area contributed by atoms with E-state index >= 15 is 0 Å². The van der Waals surface area contributed by atoms with Gasteiger partial charge in [0, 0.05) is 5.56 Å². The zero-order chi connectivity index (χ0) is 18.1. The number of amides is 1. The fraction of sp³-hybridized carbons (Fsp3) is 0.174. The Morgan fingerprint density at radius 1 is 0.885 bits per heavy atom. The number of benzene rings is 3. The van der Waals surface area contributed by atoms with Crippen LogP contribution in [0.3, 0.4) is 0 Å². The van der Waals surface area contributed by atoms with Crippen molar-refractivity contribution in [3.63, 3.8) is 0 Å². The number of nitrogens with zero attached hydrogens (tertiary/aromatic N) is 1. The summed E-state index contributed by atoms with van der Waals surface area (Å²) in [4.78, 5) is 15.2. The van der Waals surface area contributed by atoms with Gasteiger partial charge in [-0.05, 0) is 41.8 Å². The van der Waals surface area contributed by atoms with E-state index < -0.39 is 0 Å². The van der Waals surface area contributed by atoms with Gasteiger partial charge >= 0.3 is 0 Å². The SMILES string of the molecule is COc1ccc([C@H](C)N2C(=O)c3ccccc3[C@@H]2c2ccccc2)cc1. The molecule has 3 heteroatoms. The number of ether oxygens (including phenoxy) is 1. The first-order valence-electron chi connectivity index (χ1n) is 8.81. The second-order valence-electron chi connectivity index (χ2n) is 6.56. The minimum Gasteiger partial charge on any atom is -0.497 e. The van der Waals surface area contributed by atoms with Gasteiger partial charge in [0.15, 0.2) is 0 Å². The molecule has 2 atom stereocenters. The van der Waals surface area contributed by atoms with Crippen LogP contribution in [0.5, 0.6) is 5.75 Å². The highest BCUT2D eigenvalue weighted by Gasteiger charge is 2.40. The Bertz CT molecular complexity index is 918. The van der Waals surface area contributed by atoms with E-state index in [0.29, 0.717) is 0 Å². The number of hydrogen-bond donors (Lipinski definition) is 0. The molecule has 0 spiro atoms. The summed E-state index contributed by atoms with van der Waals surface area (Å²) in [6.45, 7) is 2.08. The van der Waals surface area contributed by atoms with Crippen LogP contribution < -0.4 is 4.74 Å². The maximum Gasteiger partial charge on any atom is 0.255 e. The fourth-order valence-corrected chi connectivity index (χ4v) is 3.75. The van der Waals surface area contributed by atoms with Crippen molar-refractivity contribution in [3.05, 3.63) is 101 Å². The molecule has 0 fully saturated rings. The van der Waals surface area contributed by atoms with Crippen LogP contribution in [0.1, 0.15) is 46.1 Å². The van der Waals surface area contributed by atoms with Crippen LogP contribution in [-0.4, -0.2) is 17.9 Å². The van der Waals surface area contributed by atoms with Gasteiger partial charge in [0.05, 0.1) is 19.2 Å². The third-order valence-corrected chi connectivity index (χ3v) is 5.13. The lowest BCUT2D eigenvalue weighted by Crippen LogP contribution is -2.31. The lowest BCUT2D eigenvalue weighted by atomic mass is 9.96. The largest absolute Gasteiger partial charge is 0.497 e. The maximum atomic E-state index is 13.2. The van der Waals surface area contributed by atoms with E-state index in [0.717, 1.165) is 28.0 Å². The van der Waals surface area contributed by atoms with E-state index in [1.807, 2.05) is 65.6 Å². The second kappa shape index (κ2) is 6.68. The van der Waals surface area contributed by atoms with Gasteiger partial charge in [0.2, 0.25) is 0 Å². The molecule has 3 nitrogen and oxygen atoms in total. The Morgan fingerprint density at radius 3 is 2.23 bits per heavy atom. The summed E-state index contributed by atoms with van der Waals surface area (Å²) in [5.74, 6) is 0.898. The molecule has 0 radical (unpaired) electrons. The summed E-state index contributed by atoms with van der Waals surface area (Å²) in [7, 11) is 1.66. The first-order chi connectivity index (χ1) is 12.7. The van der Waals surface area contributed by atoms with E-state index in [4.69, 9.17) is 4.74 Å². The highest BCUT2D eigenvalue weighted by Crippen LogP contribution is 2.43. The first kappa shape index (κ1) is 16.4. The van der Waals surface area contributed by atoms with Gasteiger partial charge in [-0.1, -0.05) is 60.7 Å². The van der Waals surface area contributed by atoms with Gasteiger partial charge in [-0.3, -0.25) is 4.79 Å². The van der Waals surface area contributed by atoms with Gasteiger partial charge < -0.3 is 9.64 Å². The molecule has 0 aliphatic carbocycles. The van der Waals surface area contributed by atoms with Crippen molar-refractivity contribution in [1.82, 2.24) is 4.90 Å². The zero-order valence-corrected chi connectivity index (χ0v) is 14.9.